The van der Waals surface area contributed by atoms with Gasteiger partial charge < -0.3 is 10.2 Å². The number of aromatic nitrogens is 2. The van der Waals surface area contributed by atoms with Gasteiger partial charge in [-0.15, -0.1) is 0 Å². The number of ether oxygens (including phenoxy) is 1. The van der Waals surface area contributed by atoms with Crippen LogP contribution in [0.15, 0.2) is 18.2 Å². The number of nitrogen functional groups attached to an aromatic ring is 1. The SMILES string of the molecule is NNc1nc(-c2cccc(Cl)c2Cl)nc2c1COCC2. The van der Waals surface area contributed by atoms with E-state index in [0.29, 0.717) is 40.5 Å². The van der Waals surface area contributed by atoms with Crippen molar-refractivity contribution in [2.75, 3.05) is 12.0 Å². The Morgan fingerprint density at radius 3 is 2.90 bits per heavy atom. The average molecular weight is 311 g/mol. The number of nitrogens with two attached hydrogens (primary N) is 1. The first kappa shape index (κ1) is 13.6. The van der Waals surface area contributed by atoms with Crippen molar-refractivity contribution in [1.29, 1.82) is 0 Å². The minimum absolute atomic E-state index is 0.434. The Morgan fingerprint density at radius 2 is 2.10 bits per heavy atom. The first-order valence-electron chi connectivity index (χ1n) is 6.09. The van der Waals surface area contributed by atoms with E-state index < -0.39 is 0 Å². The number of hydrazine groups is 1. The molecule has 104 valence electrons. The summed E-state index contributed by atoms with van der Waals surface area (Å²) in [4.78, 5) is 8.97. The third-order valence-corrected chi connectivity index (χ3v) is 3.97. The second kappa shape index (κ2) is 5.54. The van der Waals surface area contributed by atoms with Crippen molar-refractivity contribution in [1.82, 2.24) is 9.97 Å². The van der Waals surface area contributed by atoms with Gasteiger partial charge in [-0.2, -0.15) is 0 Å². The Kier molecular flexibility index (Phi) is 3.76. The lowest BCUT2D eigenvalue weighted by Gasteiger charge is -2.19. The maximum absolute atomic E-state index is 6.22. The summed E-state index contributed by atoms with van der Waals surface area (Å²) >= 11 is 12.3. The molecule has 0 saturated carbocycles. The van der Waals surface area contributed by atoms with E-state index in [0.717, 1.165) is 17.7 Å². The Morgan fingerprint density at radius 1 is 1.25 bits per heavy atom. The summed E-state index contributed by atoms with van der Waals surface area (Å²) in [6.45, 7) is 1.09. The maximum Gasteiger partial charge on any atom is 0.163 e. The van der Waals surface area contributed by atoms with Crippen molar-refractivity contribution in [3.8, 4) is 11.4 Å². The van der Waals surface area contributed by atoms with Gasteiger partial charge in [0.1, 0.15) is 5.82 Å². The highest BCUT2D eigenvalue weighted by molar-refractivity contribution is 6.43. The topological polar surface area (TPSA) is 73.1 Å². The van der Waals surface area contributed by atoms with E-state index in [1.807, 2.05) is 12.1 Å². The molecular formula is C13H12Cl2N4O. The van der Waals surface area contributed by atoms with Crippen LogP contribution in [0.5, 0.6) is 0 Å². The number of fused-ring (bicyclic) bond motifs is 1. The van der Waals surface area contributed by atoms with Gasteiger partial charge in [-0.3, -0.25) is 0 Å². The lowest BCUT2D eigenvalue weighted by atomic mass is 10.1. The molecule has 0 bridgehead atoms. The molecule has 20 heavy (non-hydrogen) atoms. The summed E-state index contributed by atoms with van der Waals surface area (Å²) in [6.07, 6.45) is 0.720. The van der Waals surface area contributed by atoms with Gasteiger partial charge >= 0.3 is 0 Å². The van der Waals surface area contributed by atoms with Crippen molar-refractivity contribution < 1.29 is 4.74 Å². The van der Waals surface area contributed by atoms with E-state index in [1.54, 1.807) is 6.07 Å². The van der Waals surface area contributed by atoms with Crippen LogP contribution in [0, 0.1) is 0 Å². The van der Waals surface area contributed by atoms with Gasteiger partial charge in [-0.25, -0.2) is 15.8 Å². The van der Waals surface area contributed by atoms with Crippen LogP contribution in [0.2, 0.25) is 10.0 Å². The van der Waals surface area contributed by atoms with Crippen molar-refractivity contribution in [2.24, 2.45) is 5.84 Å². The number of anilines is 1. The molecule has 0 saturated heterocycles. The van der Waals surface area contributed by atoms with Crippen LogP contribution < -0.4 is 11.3 Å². The third kappa shape index (κ3) is 2.33. The molecule has 0 radical (unpaired) electrons. The average Bonchev–Trinajstić information content (AvgIpc) is 2.49. The second-order valence-electron chi connectivity index (χ2n) is 4.37. The highest BCUT2D eigenvalue weighted by atomic mass is 35.5. The molecule has 7 heteroatoms. The maximum atomic E-state index is 6.22. The number of nitrogens with zero attached hydrogens (tertiary/aromatic N) is 2. The van der Waals surface area contributed by atoms with Crippen LogP contribution in [0.3, 0.4) is 0 Å². The molecule has 1 aliphatic rings. The Hall–Kier alpha value is -1.40. The van der Waals surface area contributed by atoms with Gasteiger partial charge in [-0.05, 0) is 12.1 Å². The fourth-order valence-corrected chi connectivity index (χ4v) is 2.53. The Labute approximate surface area is 126 Å². The van der Waals surface area contributed by atoms with Gasteiger partial charge in [-0.1, -0.05) is 29.3 Å². The zero-order chi connectivity index (χ0) is 14.1. The van der Waals surface area contributed by atoms with Crippen molar-refractivity contribution in [3.05, 3.63) is 39.5 Å². The van der Waals surface area contributed by atoms with E-state index in [4.69, 9.17) is 33.8 Å². The van der Waals surface area contributed by atoms with E-state index in [2.05, 4.69) is 15.4 Å². The van der Waals surface area contributed by atoms with Crippen LogP contribution >= 0.6 is 23.2 Å². The molecular weight excluding hydrogens is 299 g/mol. The predicted molar refractivity (Wildman–Crippen MR) is 78.7 cm³/mol. The van der Waals surface area contributed by atoms with Gasteiger partial charge in [0, 0.05) is 17.5 Å². The number of benzene rings is 1. The summed E-state index contributed by atoms with van der Waals surface area (Å²) in [5, 5.41) is 0.903. The number of hydrogen-bond donors (Lipinski definition) is 2. The van der Waals surface area contributed by atoms with E-state index in [-0.39, 0.29) is 0 Å². The van der Waals surface area contributed by atoms with Gasteiger partial charge in [0.15, 0.2) is 5.82 Å². The zero-order valence-electron chi connectivity index (χ0n) is 10.5. The van der Waals surface area contributed by atoms with Gasteiger partial charge in [0.2, 0.25) is 0 Å². The highest BCUT2D eigenvalue weighted by Crippen LogP contribution is 2.33. The number of nitrogens with one attached hydrogen (secondary N) is 1. The first-order chi connectivity index (χ1) is 9.70. The highest BCUT2D eigenvalue weighted by Gasteiger charge is 2.19. The second-order valence-corrected chi connectivity index (χ2v) is 5.15. The van der Waals surface area contributed by atoms with Crippen LogP contribution in [-0.4, -0.2) is 16.6 Å². The summed E-state index contributed by atoms with van der Waals surface area (Å²) in [6, 6.07) is 5.36. The molecule has 0 atom stereocenters. The molecule has 0 unspecified atom stereocenters. The molecule has 1 aliphatic heterocycles. The molecule has 0 amide bonds. The van der Waals surface area contributed by atoms with Gasteiger partial charge in [0.05, 0.1) is 29.0 Å². The summed E-state index contributed by atoms with van der Waals surface area (Å²) in [5.41, 5.74) is 5.09. The molecule has 0 fully saturated rings. The van der Waals surface area contributed by atoms with Crippen LogP contribution in [0.25, 0.3) is 11.4 Å². The molecule has 1 aromatic carbocycles. The van der Waals surface area contributed by atoms with Crippen molar-refractivity contribution in [2.45, 2.75) is 13.0 Å². The fourth-order valence-electron chi connectivity index (χ4n) is 2.15. The summed E-state index contributed by atoms with van der Waals surface area (Å²) < 4.78 is 5.40. The third-order valence-electron chi connectivity index (χ3n) is 3.15. The van der Waals surface area contributed by atoms with Crippen LogP contribution in [0.4, 0.5) is 5.82 Å². The smallest absolute Gasteiger partial charge is 0.163 e. The minimum atomic E-state index is 0.434. The van der Waals surface area contributed by atoms with Crippen molar-refractivity contribution in [3.63, 3.8) is 0 Å². The molecule has 2 heterocycles. The van der Waals surface area contributed by atoms with E-state index in [1.165, 1.54) is 0 Å². The largest absolute Gasteiger partial charge is 0.376 e. The Balaban J connectivity index is 2.17. The molecule has 5 nitrogen and oxygen atoms in total. The molecule has 2 aromatic rings. The predicted octanol–water partition coefficient (Wildman–Crippen LogP) is 2.81. The summed E-state index contributed by atoms with van der Waals surface area (Å²) in [5.74, 6) is 6.60. The van der Waals surface area contributed by atoms with E-state index in [9.17, 15) is 0 Å². The lowest BCUT2D eigenvalue weighted by Crippen LogP contribution is -2.19. The summed E-state index contributed by atoms with van der Waals surface area (Å²) in [7, 11) is 0. The lowest BCUT2D eigenvalue weighted by molar-refractivity contribution is 0.109. The monoisotopic (exact) mass is 310 g/mol. The molecule has 3 rings (SSSR count). The molecule has 3 N–H and O–H groups in total. The van der Waals surface area contributed by atoms with Crippen LogP contribution in [0.1, 0.15) is 11.3 Å². The molecule has 0 spiro atoms. The van der Waals surface area contributed by atoms with Crippen molar-refractivity contribution >= 4 is 29.0 Å². The normalized spacial score (nSPS) is 13.9. The quantitative estimate of drug-likeness (QED) is 0.659. The van der Waals surface area contributed by atoms with Gasteiger partial charge in [0.25, 0.3) is 0 Å². The number of hydrogen-bond acceptors (Lipinski definition) is 5. The zero-order valence-corrected chi connectivity index (χ0v) is 12.0. The first-order valence-corrected chi connectivity index (χ1v) is 6.85. The number of halogens is 2. The number of rotatable bonds is 2. The minimum Gasteiger partial charge on any atom is -0.376 e. The van der Waals surface area contributed by atoms with Crippen LogP contribution in [-0.2, 0) is 17.8 Å². The molecule has 0 aliphatic carbocycles. The van der Waals surface area contributed by atoms with E-state index >= 15 is 0 Å². The fraction of sp³-hybridized carbons (Fsp3) is 0.231. The molecule has 1 aromatic heterocycles. The Bertz CT molecular complexity index is 646. The standard InChI is InChI=1S/C13H12Cl2N4O/c14-9-3-1-2-7(11(9)15)12-17-10-4-5-20-6-8(10)13(18-12)19-16/h1-3H,4-6,16H2,(H,17,18,19).